The lowest BCUT2D eigenvalue weighted by Crippen LogP contribution is -2.29. The van der Waals surface area contributed by atoms with Gasteiger partial charge >= 0.3 is 0 Å². The van der Waals surface area contributed by atoms with E-state index in [1.165, 1.54) is 161 Å². The Morgan fingerprint density at radius 1 is 0.400 bits per heavy atom. The second kappa shape index (κ2) is 27.0. The van der Waals surface area contributed by atoms with Crippen LogP contribution in [0.25, 0.3) is 0 Å². The second-order valence-corrected chi connectivity index (χ2v) is 9.92. The molecule has 0 heterocycles. The van der Waals surface area contributed by atoms with E-state index in [9.17, 15) is 0 Å². The minimum atomic E-state index is 0.770. The third-order valence-electron chi connectivity index (χ3n) is 6.86. The lowest BCUT2D eigenvalue weighted by molar-refractivity contribution is 0.437. The molecule has 0 rings (SSSR count). The van der Waals surface area contributed by atoms with Crippen molar-refractivity contribution in [2.45, 2.75) is 181 Å². The molecule has 0 spiro atoms. The molecule has 0 aliphatic heterocycles. The molecule has 182 valence electrons. The molecule has 0 bridgehead atoms. The predicted molar refractivity (Wildman–Crippen MR) is 140 cm³/mol. The quantitative estimate of drug-likeness (QED) is 0.136. The topological polar surface area (TPSA) is 12.0 Å². The number of unbranched alkanes of at least 4 members (excludes halogenated alkanes) is 20. The van der Waals surface area contributed by atoms with Gasteiger partial charge in [-0.15, -0.1) is 0 Å². The molecule has 0 aromatic rings. The van der Waals surface area contributed by atoms with Crippen molar-refractivity contribution in [3.8, 4) is 0 Å². The van der Waals surface area contributed by atoms with Gasteiger partial charge in [0, 0.05) is 6.04 Å². The van der Waals surface area contributed by atoms with Gasteiger partial charge in [0.2, 0.25) is 0 Å². The molecule has 0 aliphatic rings. The van der Waals surface area contributed by atoms with Crippen molar-refractivity contribution in [2.24, 2.45) is 0 Å². The van der Waals surface area contributed by atoms with Gasteiger partial charge in [-0.1, -0.05) is 156 Å². The minimum Gasteiger partial charge on any atom is -0.314 e. The summed E-state index contributed by atoms with van der Waals surface area (Å²) in [6.07, 6.45) is 34.7. The summed E-state index contributed by atoms with van der Waals surface area (Å²) in [6.45, 7) is 8.13. The maximum atomic E-state index is 3.73. The molecule has 0 aliphatic carbocycles. The highest BCUT2D eigenvalue weighted by Gasteiger charge is 2.04. The van der Waals surface area contributed by atoms with E-state index in [-0.39, 0.29) is 0 Å². The van der Waals surface area contributed by atoms with Crippen LogP contribution in [0.5, 0.6) is 0 Å². The first kappa shape index (κ1) is 30.0. The van der Waals surface area contributed by atoms with Gasteiger partial charge in [0.25, 0.3) is 0 Å². The fraction of sp³-hybridized carbons (Fsp3) is 1.00. The summed E-state index contributed by atoms with van der Waals surface area (Å²) in [5.74, 6) is 0. The summed E-state index contributed by atoms with van der Waals surface area (Å²) in [4.78, 5) is 0. The van der Waals surface area contributed by atoms with Crippen LogP contribution in [0.4, 0.5) is 0 Å². The van der Waals surface area contributed by atoms with Gasteiger partial charge in [-0.05, 0) is 25.8 Å². The largest absolute Gasteiger partial charge is 0.314 e. The zero-order chi connectivity index (χ0) is 22.0. The van der Waals surface area contributed by atoms with E-state index in [0.29, 0.717) is 0 Å². The Hall–Kier alpha value is -0.0400. The lowest BCUT2D eigenvalue weighted by Gasteiger charge is -2.16. The second-order valence-electron chi connectivity index (χ2n) is 9.92. The Balaban J connectivity index is 3.12. The van der Waals surface area contributed by atoms with Crippen LogP contribution < -0.4 is 5.32 Å². The van der Waals surface area contributed by atoms with Crippen molar-refractivity contribution in [3.63, 3.8) is 0 Å². The average molecular weight is 424 g/mol. The smallest absolute Gasteiger partial charge is 0.00644 e. The normalized spacial score (nSPS) is 12.5. The van der Waals surface area contributed by atoms with Crippen molar-refractivity contribution in [2.75, 3.05) is 6.54 Å². The molecular formula is C29H61N. The fourth-order valence-electron chi connectivity index (χ4n) is 4.58. The van der Waals surface area contributed by atoms with E-state index < -0.39 is 0 Å². The third-order valence-corrected chi connectivity index (χ3v) is 6.86. The molecule has 0 saturated heterocycles. The van der Waals surface area contributed by atoms with Crippen LogP contribution in [0.2, 0.25) is 0 Å². The molecule has 1 unspecified atom stereocenters. The molecule has 0 saturated carbocycles. The lowest BCUT2D eigenvalue weighted by atomic mass is 10.0. The number of hydrogen-bond donors (Lipinski definition) is 1. The Morgan fingerprint density at radius 2 is 0.733 bits per heavy atom. The van der Waals surface area contributed by atoms with Crippen LogP contribution in [-0.2, 0) is 0 Å². The Morgan fingerprint density at radius 3 is 1.07 bits per heavy atom. The minimum absolute atomic E-state index is 0.770. The summed E-state index contributed by atoms with van der Waals surface area (Å²) >= 11 is 0. The molecule has 1 N–H and O–H groups in total. The van der Waals surface area contributed by atoms with E-state index >= 15 is 0 Å². The summed E-state index contributed by atoms with van der Waals surface area (Å²) in [7, 11) is 0. The number of hydrogen-bond acceptors (Lipinski definition) is 1. The van der Waals surface area contributed by atoms with Crippen LogP contribution >= 0.6 is 0 Å². The monoisotopic (exact) mass is 423 g/mol. The molecule has 1 heteroatoms. The molecular weight excluding hydrogens is 362 g/mol. The zero-order valence-corrected chi connectivity index (χ0v) is 21.8. The molecule has 0 fully saturated rings. The van der Waals surface area contributed by atoms with Gasteiger partial charge in [0.15, 0.2) is 0 Å². The maximum absolute atomic E-state index is 3.73. The van der Waals surface area contributed by atoms with Crippen molar-refractivity contribution >= 4 is 0 Å². The van der Waals surface area contributed by atoms with E-state index in [2.05, 4.69) is 26.1 Å². The molecule has 1 atom stereocenters. The summed E-state index contributed by atoms with van der Waals surface area (Å²) in [5, 5.41) is 3.73. The van der Waals surface area contributed by atoms with Crippen molar-refractivity contribution < 1.29 is 0 Å². The molecule has 0 radical (unpaired) electrons. The van der Waals surface area contributed by atoms with Gasteiger partial charge in [-0.25, -0.2) is 0 Å². The summed E-state index contributed by atoms with van der Waals surface area (Å²) in [6, 6.07) is 0.770. The van der Waals surface area contributed by atoms with Crippen LogP contribution in [0.3, 0.4) is 0 Å². The summed E-state index contributed by atoms with van der Waals surface area (Å²) in [5.41, 5.74) is 0. The first-order chi connectivity index (χ1) is 14.8. The standard InChI is InChI=1S/C29H61N/c1-4-7-9-10-11-12-13-14-15-16-17-18-19-20-21-22-23-24-25-26-27-29(6-3)30-28-8-5-2/h29-30H,4-28H2,1-3H3. The summed E-state index contributed by atoms with van der Waals surface area (Å²) < 4.78 is 0. The molecule has 30 heavy (non-hydrogen) atoms. The van der Waals surface area contributed by atoms with E-state index in [1.54, 1.807) is 0 Å². The predicted octanol–water partition coefficient (Wildman–Crippen LogP) is 10.4. The van der Waals surface area contributed by atoms with Gasteiger partial charge in [-0.2, -0.15) is 0 Å². The van der Waals surface area contributed by atoms with Crippen LogP contribution in [0, 0.1) is 0 Å². The first-order valence-corrected chi connectivity index (χ1v) is 14.6. The van der Waals surface area contributed by atoms with Crippen molar-refractivity contribution in [1.29, 1.82) is 0 Å². The third kappa shape index (κ3) is 24.2. The highest BCUT2D eigenvalue weighted by molar-refractivity contribution is 4.64. The maximum Gasteiger partial charge on any atom is 0.00644 e. The molecule has 1 nitrogen and oxygen atoms in total. The first-order valence-electron chi connectivity index (χ1n) is 14.6. The molecule has 0 aromatic heterocycles. The van der Waals surface area contributed by atoms with E-state index in [4.69, 9.17) is 0 Å². The molecule has 0 aromatic carbocycles. The zero-order valence-electron chi connectivity index (χ0n) is 21.8. The number of rotatable bonds is 26. The van der Waals surface area contributed by atoms with E-state index in [1.807, 2.05) is 0 Å². The highest BCUT2D eigenvalue weighted by atomic mass is 14.9. The Labute approximate surface area is 193 Å². The van der Waals surface area contributed by atoms with Gasteiger partial charge < -0.3 is 5.32 Å². The Kier molecular flexibility index (Phi) is 27.0. The van der Waals surface area contributed by atoms with Gasteiger partial charge in [0.1, 0.15) is 0 Å². The van der Waals surface area contributed by atoms with Gasteiger partial charge in [-0.3, -0.25) is 0 Å². The van der Waals surface area contributed by atoms with Crippen molar-refractivity contribution in [1.82, 2.24) is 5.32 Å². The average Bonchev–Trinajstić information content (AvgIpc) is 2.76. The van der Waals surface area contributed by atoms with Crippen molar-refractivity contribution in [3.05, 3.63) is 0 Å². The van der Waals surface area contributed by atoms with E-state index in [0.717, 1.165) is 6.04 Å². The Bertz CT molecular complexity index is 288. The van der Waals surface area contributed by atoms with Gasteiger partial charge in [0.05, 0.1) is 0 Å². The molecule has 0 amide bonds. The highest BCUT2D eigenvalue weighted by Crippen LogP contribution is 2.15. The fourth-order valence-corrected chi connectivity index (χ4v) is 4.58. The SMILES string of the molecule is CCCCCCCCCCCCCCCCCCCCCCC(CC)NCCCC. The number of nitrogens with one attached hydrogen (secondary N) is 1. The van der Waals surface area contributed by atoms with Crippen LogP contribution in [0.1, 0.15) is 175 Å². The van der Waals surface area contributed by atoms with Crippen LogP contribution in [-0.4, -0.2) is 12.6 Å². The van der Waals surface area contributed by atoms with Crippen LogP contribution in [0.15, 0.2) is 0 Å².